The molecule has 0 saturated carbocycles. The summed E-state index contributed by atoms with van der Waals surface area (Å²) in [7, 11) is 0. The quantitative estimate of drug-likeness (QED) is 0.514. The van der Waals surface area contributed by atoms with E-state index < -0.39 is 0 Å². The van der Waals surface area contributed by atoms with Crippen LogP contribution in [0.3, 0.4) is 0 Å². The van der Waals surface area contributed by atoms with Gasteiger partial charge in [-0.25, -0.2) is 0 Å². The van der Waals surface area contributed by atoms with Gasteiger partial charge in [-0.15, -0.1) is 0 Å². The number of nitrogens with one attached hydrogen (secondary N) is 1. The van der Waals surface area contributed by atoms with Gasteiger partial charge >= 0.3 is 0 Å². The molecule has 29 heavy (non-hydrogen) atoms. The molecule has 0 radical (unpaired) electrons. The lowest BCUT2D eigenvalue weighted by Gasteiger charge is -2.19. The molecular formula is C23H24ClN3O2. The average Bonchev–Trinajstić information content (AvgIpc) is 3.22. The molecule has 5 nitrogen and oxygen atoms in total. The first-order valence-corrected chi connectivity index (χ1v) is 9.99. The van der Waals surface area contributed by atoms with Crippen LogP contribution in [0.15, 0.2) is 59.1 Å². The Morgan fingerprint density at radius 1 is 1.24 bits per heavy atom. The van der Waals surface area contributed by atoms with E-state index in [2.05, 4.69) is 22.4 Å². The normalized spacial score (nSPS) is 13.4. The van der Waals surface area contributed by atoms with Crippen molar-refractivity contribution in [2.75, 3.05) is 0 Å². The molecule has 0 unspecified atom stereocenters. The zero-order chi connectivity index (χ0) is 20.8. The van der Waals surface area contributed by atoms with Crippen molar-refractivity contribution in [1.29, 1.82) is 0 Å². The molecule has 2 aromatic carbocycles. The van der Waals surface area contributed by atoms with Gasteiger partial charge in [0.25, 0.3) is 0 Å². The number of amides is 1. The van der Waals surface area contributed by atoms with Gasteiger partial charge in [0.15, 0.2) is 0 Å². The lowest BCUT2D eigenvalue weighted by atomic mass is 9.99. The molecule has 0 spiro atoms. The number of rotatable bonds is 7. The molecule has 0 saturated heterocycles. The fourth-order valence-corrected chi connectivity index (χ4v) is 3.01. The third-order valence-electron chi connectivity index (χ3n) is 4.88. The maximum atomic E-state index is 12.5. The van der Waals surface area contributed by atoms with Crippen molar-refractivity contribution in [3.63, 3.8) is 0 Å². The lowest BCUT2D eigenvalue weighted by molar-refractivity contribution is -0.117. The minimum atomic E-state index is -0.380. The Balaban J connectivity index is 1.78. The molecule has 1 amide bonds. The van der Waals surface area contributed by atoms with Gasteiger partial charge in [0.05, 0.1) is 0 Å². The van der Waals surface area contributed by atoms with Crippen LogP contribution in [0.2, 0.25) is 5.02 Å². The van der Waals surface area contributed by atoms with Gasteiger partial charge in [0.1, 0.15) is 6.04 Å². The number of hydrogen-bond donors (Lipinski definition) is 1. The average molecular weight is 410 g/mol. The van der Waals surface area contributed by atoms with Crippen molar-refractivity contribution in [2.45, 2.75) is 33.2 Å². The molecule has 2 atom stereocenters. The SMILES string of the molecule is CC[C@@H](C)[C@H](NC(=O)/C=C/c1ccccc1)c1nc(-c2ccc(C)c(Cl)c2)no1. The van der Waals surface area contributed by atoms with Gasteiger partial charge in [0, 0.05) is 16.7 Å². The summed E-state index contributed by atoms with van der Waals surface area (Å²) < 4.78 is 5.49. The number of benzene rings is 2. The molecule has 1 N–H and O–H groups in total. The third-order valence-corrected chi connectivity index (χ3v) is 5.28. The highest BCUT2D eigenvalue weighted by Gasteiger charge is 2.26. The summed E-state index contributed by atoms with van der Waals surface area (Å²) in [5.74, 6) is 0.744. The largest absolute Gasteiger partial charge is 0.340 e. The molecule has 150 valence electrons. The minimum Gasteiger partial charge on any atom is -0.340 e. The summed E-state index contributed by atoms with van der Waals surface area (Å²) in [6, 6.07) is 14.9. The molecule has 1 aromatic heterocycles. The monoisotopic (exact) mass is 409 g/mol. The van der Waals surface area contributed by atoms with Crippen molar-refractivity contribution in [3.05, 3.63) is 76.6 Å². The van der Waals surface area contributed by atoms with Crippen LogP contribution >= 0.6 is 11.6 Å². The van der Waals surface area contributed by atoms with E-state index in [-0.39, 0.29) is 17.9 Å². The van der Waals surface area contributed by atoms with Crippen molar-refractivity contribution in [1.82, 2.24) is 15.5 Å². The third kappa shape index (κ3) is 5.33. The van der Waals surface area contributed by atoms with E-state index in [0.29, 0.717) is 16.7 Å². The highest BCUT2D eigenvalue weighted by molar-refractivity contribution is 6.31. The van der Waals surface area contributed by atoms with E-state index in [1.165, 1.54) is 6.08 Å². The van der Waals surface area contributed by atoms with Crippen LogP contribution in [0, 0.1) is 12.8 Å². The number of hydrogen-bond acceptors (Lipinski definition) is 4. The van der Waals surface area contributed by atoms with Crippen molar-refractivity contribution < 1.29 is 9.32 Å². The number of aryl methyl sites for hydroxylation is 1. The number of aromatic nitrogens is 2. The van der Waals surface area contributed by atoms with Crippen LogP contribution in [0.5, 0.6) is 0 Å². The summed E-state index contributed by atoms with van der Waals surface area (Å²) in [4.78, 5) is 17.0. The summed E-state index contributed by atoms with van der Waals surface area (Å²) in [6.45, 7) is 6.03. The second-order valence-corrected chi connectivity index (χ2v) is 7.44. The van der Waals surface area contributed by atoms with E-state index in [9.17, 15) is 4.79 Å². The van der Waals surface area contributed by atoms with Crippen LogP contribution in [0.25, 0.3) is 17.5 Å². The second-order valence-electron chi connectivity index (χ2n) is 7.04. The number of halogens is 1. The molecule has 0 bridgehead atoms. The van der Waals surface area contributed by atoms with E-state index in [4.69, 9.17) is 16.1 Å². The van der Waals surface area contributed by atoms with Crippen LogP contribution in [0.4, 0.5) is 0 Å². The first-order chi connectivity index (χ1) is 14.0. The van der Waals surface area contributed by atoms with Crippen LogP contribution < -0.4 is 5.32 Å². The second kappa shape index (κ2) is 9.52. The Morgan fingerprint density at radius 3 is 2.69 bits per heavy atom. The van der Waals surface area contributed by atoms with E-state index in [1.807, 2.05) is 62.4 Å². The molecule has 6 heteroatoms. The van der Waals surface area contributed by atoms with Gasteiger partial charge in [-0.1, -0.05) is 79.5 Å². The smallest absolute Gasteiger partial charge is 0.249 e. The highest BCUT2D eigenvalue weighted by atomic mass is 35.5. The fourth-order valence-electron chi connectivity index (χ4n) is 2.83. The summed E-state index contributed by atoms with van der Waals surface area (Å²) >= 11 is 6.21. The van der Waals surface area contributed by atoms with Gasteiger partial charge in [-0.3, -0.25) is 4.79 Å². The first-order valence-electron chi connectivity index (χ1n) is 9.61. The zero-order valence-electron chi connectivity index (χ0n) is 16.7. The van der Waals surface area contributed by atoms with Crippen LogP contribution in [0.1, 0.15) is 43.3 Å². The molecule has 3 rings (SSSR count). The summed E-state index contributed by atoms with van der Waals surface area (Å²) in [5.41, 5.74) is 2.71. The van der Waals surface area contributed by atoms with E-state index in [0.717, 1.165) is 23.1 Å². The van der Waals surface area contributed by atoms with Gasteiger partial charge in [-0.2, -0.15) is 4.98 Å². The number of carbonyl (C=O) groups is 1. The Hall–Kier alpha value is -2.92. The number of carbonyl (C=O) groups excluding carboxylic acids is 1. The molecule has 3 aromatic rings. The van der Waals surface area contributed by atoms with Crippen molar-refractivity contribution in [2.24, 2.45) is 5.92 Å². The predicted molar refractivity (Wildman–Crippen MR) is 115 cm³/mol. The topological polar surface area (TPSA) is 68.0 Å². The lowest BCUT2D eigenvalue weighted by Crippen LogP contribution is -2.31. The predicted octanol–water partition coefficient (Wildman–Crippen LogP) is 5.62. The summed E-state index contributed by atoms with van der Waals surface area (Å²) in [6.07, 6.45) is 4.14. The Kier molecular flexibility index (Phi) is 6.83. The van der Waals surface area contributed by atoms with E-state index >= 15 is 0 Å². The zero-order valence-corrected chi connectivity index (χ0v) is 17.5. The molecule has 0 aliphatic carbocycles. The maximum Gasteiger partial charge on any atom is 0.249 e. The standard InChI is InChI=1S/C23H24ClN3O2/c1-4-15(2)21(25-20(28)13-11-17-8-6-5-7-9-17)23-26-22(27-29-23)18-12-10-16(3)19(24)14-18/h5-15,21H,4H2,1-3H3,(H,25,28)/b13-11+/t15-,21+/m1/s1. The van der Waals surface area contributed by atoms with Gasteiger partial charge in [0.2, 0.25) is 17.6 Å². The molecular weight excluding hydrogens is 386 g/mol. The fraction of sp³-hybridized carbons (Fsp3) is 0.261. The molecule has 0 fully saturated rings. The summed E-state index contributed by atoms with van der Waals surface area (Å²) in [5, 5.41) is 7.72. The van der Waals surface area contributed by atoms with Crippen molar-refractivity contribution >= 4 is 23.6 Å². The number of nitrogens with zero attached hydrogens (tertiary/aromatic N) is 2. The van der Waals surface area contributed by atoms with E-state index in [1.54, 1.807) is 6.08 Å². The first kappa shape index (κ1) is 20.8. The molecule has 0 aliphatic heterocycles. The van der Waals surface area contributed by atoms with Crippen molar-refractivity contribution in [3.8, 4) is 11.4 Å². The Labute approximate surface area is 175 Å². The van der Waals surface area contributed by atoms with Crippen LogP contribution in [-0.4, -0.2) is 16.0 Å². The Morgan fingerprint density at radius 2 is 2.00 bits per heavy atom. The Bertz CT molecular complexity index is 998. The highest BCUT2D eigenvalue weighted by Crippen LogP contribution is 2.27. The van der Waals surface area contributed by atoms with Crippen LogP contribution in [-0.2, 0) is 4.79 Å². The van der Waals surface area contributed by atoms with Gasteiger partial charge in [-0.05, 0) is 36.1 Å². The molecule has 1 heterocycles. The minimum absolute atomic E-state index is 0.124. The molecule has 0 aliphatic rings. The van der Waals surface area contributed by atoms with Gasteiger partial charge < -0.3 is 9.84 Å². The maximum absolute atomic E-state index is 12.5.